The normalized spacial score (nSPS) is 20.4. The van der Waals surface area contributed by atoms with Gasteiger partial charge in [0.15, 0.2) is 0 Å². The van der Waals surface area contributed by atoms with Crippen LogP contribution in [0.1, 0.15) is 19.8 Å². The third-order valence-corrected chi connectivity index (χ3v) is 5.94. The van der Waals surface area contributed by atoms with E-state index in [4.69, 9.17) is 0 Å². The van der Waals surface area contributed by atoms with E-state index >= 15 is 0 Å². The monoisotopic (exact) mass is 372 g/mol. The highest BCUT2D eigenvalue weighted by molar-refractivity contribution is 5.82. The predicted octanol–water partition coefficient (Wildman–Crippen LogP) is 1.52. The number of para-hydroxylation sites is 1. The first kappa shape index (κ1) is 19.7. The number of likely N-dealkylation sites (tertiary alicyclic amines) is 1. The van der Waals surface area contributed by atoms with Crippen LogP contribution in [0, 0.1) is 5.92 Å². The fourth-order valence-electron chi connectivity index (χ4n) is 4.14. The predicted molar refractivity (Wildman–Crippen MR) is 108 cm³/mol. The van der Waals surface area contributed by atoms with Gasteiger partial charge in [0.25, 0.3) is 0 Å². The zero-order valence-corrected chi connectivity index (χ0v) is 16.8. The van der Waals surface area contributed by atoms with Gasteiger partial charge in [0.05, 0.1) is 6.04 Å². The second-order valence-electron chi connectivity index (χ2n) is 7.87. The molecule has 1 unspecified atom stereocenters. The van der Waals surface area contributed by atoms with Crippen molar-refractivity contribution in [3.63, 3.8) is 0 Å². The number of nitrogens with zero attached hydrogens (tertiary/aromatic N) is 4. The van der Waals surface area contributed by atoms with E-state index in [1.54, 1.807) is 4.90 Å². The minimum absolute atomic E-state index is 0.105. The molecule has 148 valence electrons. The molecule has 0 radical (unpaired) electrons. The van der Waals surface area contributed by atoms with Crippen LogP contribution in [0.5, 0.6) is 0 Å². The Morgan fingerprint density at radius 1 is 0.963 bits per heavy atom. The van der Waals surface area contributed by atoms with Crippen molar-refractivity contribution in [2.75, 3.05) is 58.3 Å². The number of piperidine rings is 1. The Balaban J connectivity index is 1.48. The Morgan fingerprint density at radius 2 is 1.56 bits per heavy atom. The summed E-state index contributed by atoms with van der Waals surface area (Å²) in [5.74, 6) is 0.540. The van der Waals surface area contributed by atoms with Gasteiger partial charge >= 0.3 is 0 Å². The highest BCUT2D eigenvalue weighted by atomic mass is 16.2. The third kappa shape index (κ3) is 4.61. The first-order valence-electron chi connectivity index (χ1n) is 10.0. The SMILES string of the molecule is CC(C(=O)N1CCN(c2ccccc2)CC1)N1CCC(C(=O)N(C)C)CC1. The molecule has 0 bridgehead atoms. The topological polar surface area (TPSA) is 47.1 Å². The fourth-order valence-corrected chi connectivity index (χ4v) is 4.14. The zero-order valence-electron chi connectivity index (χ0n) is 16.8. The van der Waals surface area contributed by atoms with E-state index in [2.05, 4.69) is 34.1 Å². The van der Waals surface area contributed by atoms with Crippen LogP contribution in [0.3, 0.4) is 0 Å². The summed E-state index contributed by atoms with van der Waals surface area (Å²) in [6.45, 7) is 6.95. The molecule has 0 saturated carbocycles. The first-order chi connectivity index (χ1) is 13.0. The molecule has 27 heavy (non-hydrogen) atoms. The van der Waals surface area contributed by atoms with Crippen molar-refractivity contribution in [3.05, 3.63) is 30.3 Å². The van der Waals surface area contributed by atoms with Crippen LogP contribution in [0.25, 0.3) is 0 Å². The lowest BCUT2D eigenvalue weighted by Crippen LogP contribution is -2.55. The van der Waals surface area contributed by atoms with Gasteiger partial charge in [0.1, 0.15) is 0 Å². The Hall–Kier alpha value is -2.08. The summed E-state index contributed by atoms with van der Waals surface area (Å²) in [5, 5.41) is 0. The number of benzene rings is 1. The van der Waals surface area contributed by atoms with Gasteiger partial charge in [-0.15, -0.1) is 0 Å². The third-order valence-electron chi connectivity index (χ3n) is 5.94. The van der Waals surface area contributed by atoms with Crippen molar-refractivity contribution >= 4 is 17.5 Å². The molecule has 2 amide bonds. The minimum atomic E-state index is -0.108. The molecule has 2 aliphatic heterocycles. The van der Waals surface area contributed by atoms with Crippen LogP contribution in [0.2, 0.25) is 0 Å². The molecular formula is C21H32N4O2. The highest BCUT2D eigenvalue weighted by Crippen LogP contribution is 2.22. The average Bonchev–Trinajstić information content (AvgIpc) is 2.73. The summed E-state index contributed by atoms with van der Waals surface area (Å²) in [5.41, 5.74) is 1.23. The number of rotatable bonds is 4. The maximum atomic E-state index is 13.0. The standard InChI is InChI=1S/C21H32N4O2/c1-17(23-11-9-18(10-12-23)21(27)22(2)3)20(26)25-15-13-24(14-16-25)19-7-5-4-6-8-19/h4-8,17-18H,9-16H2,1-3H3. The van der Waals surface area contributed by atoms with Crippen LogP contribution in [-0.4, -0.2) is 85.9 Å². The molecule has 0 N–H and O–H groups in total. The largest absolute Gasteiger partial charge is 0.368 e. The summed E-state index contributed by atoms with van der Waals surface area (Å²) in [6, 6.07) is 10.3. The van der Waals surface area contributed by atoms with E-state index in [0.717, 1.165) is 52.1 Å². The van der Waals surface area contributed by atoms with Gasteiger partial charge in [-0.25, -0.2) is 0 Å². The summed E-state index contributed by atoms with van der Waals surface area (Å²) in [4.78, 5) is 33.3. The van der Waals surface area contributed by atoms with Crippen molar-refractivity contribution in [3.8, 4) is 0 Å². The maximum absolute atomic E-state index is 13.0. The van der Waals surface area contributed by atoms with E-state index < -0.39 is 0 Å². The summed E-state index contributed by atoms with van der Waals surface area (Å²) in [6.07, 6.45) is 1.69. The Morgan fingerprint density at radius 3 is 2.11 bits per heavy atom. The quantitative estimate of drug-likeness (QED) is 0.804. The molecule has 2 fully saturated rings. The van der Waals surface area contributed by atoms with E-state index in [-0.39, 0.29) is 23.8 Å². The lowest BCUT2D eigenvalue weighted by molar-refractivity contribution is -0.138. The molecule has 1 aromatic carbocycles. The number of hydrogen-bond acceptors (Lipinski definition) is 4. The van der Waals surface area contributed by atoms with E-state index in [1.807, 2.05) is 32.0 Å². The van der Waals surface area contributed by atoms with Gasteiger partial charge in [-0.1, -0.05) is 18.2 Å². The molecule has 2 heterocycles. The van der Waals surface area contributed by atoms with Gasteiger partial charge in [-0.3, -0.25) is 14.5 Å². The molecule has 1 atom stereocenters. The van der Waals surface area contributed by atoms with Crippen LogP contribution < -0.4 is 4.90 Å². The highest BCUT2D eigenvalue weighted by Gasteiger charge is 2.33. The van der Waals surface area contributed by atoms with Gasteiger partial charge in [-0.2, -0.15) is 0 Å². The number of hydrogen-bond donors (Lipinski definition) is 0. The lowest BCUT2D eigenvalue weighted by atomic mass is 9.94. The molecule has 1 aromatic rings. The minimum Gasteiger partial charge on any atom is -0.368 e. The Kier molecular flexibility index (Phi) is 6.37. The van der Waals surface area contributed by atoms with Crippen LogP contribution in [0.15, 0.2) is 30.3 Å². The second kappa shape index (κ2) is 8.74. The molecule has 0 aliphatic carbocycles. The molecule has 6 heteroatoms. The van der Waals surface area contributed by atoms with Crippen molar-refractivity contribution in [2.45, 2.75) is 25.8 Å². The van der Waals surface area contributed by atoms with E-state index in [0.29, 0.717) is 0 Å². The van der Waals surface area contributed by atoms with Crippen molar-refractivity contribution < 1.29 is 9.59 Å². The van der Waals surface area contributed by atoms with E-state index in [1.165, 1.54) is 5.69 Å². The molecule has 6 nitrogen and oxygen atoms in total. The molecule has 3 rings (SSSR count). The number of anilines is 1. The molecule has 0 aromatic heterocycles. The molecule has 2 saturated heterocycles. The van der Waals surface area contributed by atoms with Gasteiger partial charge in [0, 0.05) is 51.9 Å². The lowest BCUT2D eigenvalue weighted by Gasteiger charge is -2.40. The summed E-state index contributed by atoms with van der Waals surface area (Å²) in [7, 11) is 3.63. The van der Waals surface area contributed by atoms with Crippen LogP contribution in [-0.2, 0) is 9.59 Å². The maximum Gasteiger partial charge on any atom is 0.239 e. The Labute approximate surface area is 162 Å². The van der Waals surface area contributed by atoms with Crippen LogP contribution in [0.4, 0.5) is 5.69 Å². The average molecular weight is 373 g/mol. The van der Waals surface area contributed by atoms with Crippen molar-refractivity contribution in [1.82, 2.24) is 14.7 Å². The van der Waals surface area contributed by atoms with Crippen molar-refractivity contribution in [2.24, 2.45) is 5.92 Å². The smallest absolute Gasteiger partial charge is 0.239 e. The number of amides is 2. The number of carbonyl (C=O) groups is 2. The zero-order chi connectivity index (χ0) is 19.4. The molecule has 0 spiro atoms. The first-order valence-corrected chi connectivity index (χ1v) is 10.0. The summed E-state index contributed by atoms with van der Waals surface area (Å²) >= 11 is 0. The van der Waals surface area contributed by atoms with Gasteiger partial charge in [0.2, 0.25) is 11.8 Å². The van der Waals surface area contributed by atoms with E-state index in [9.17, 15) is 9.59 Å². The Bertz CT molecular complexity index is 633. The fraction of sp³-hybridized carbons (Fsp3) is 0.619. The second-order valence-corrected chi connectivity index (χ2v) is 7.87. The number of piperazine rings is 1. The summed E-state index contributed by atoms with van der Waals surface area (Å²) < 4.78 is 0. The van der Waals surface area contributed by atoms with Gasteiger partial charge < -0.3 is 14.7 Å². The van der Waals surface area contributed by atoms with Crippen molar-refractivity contribution in [1.29, 1.82) is 0 Å². The number of carbonyl (C=O) groups excluding carboxylic acids is 2. The van der Waals surface area contributed by atoms with Crippen LogP contribution >= 0.6 is 0 Å². The molecular weight excluding hydrogens is 340 g/mol. The molecule has 2 aliphatic rings. The van der Waals surface area contributed by atoms with Gasteiger partial charge in [-0.05, 0) is 45.0 Å².